The molecule has 1 fully saturated rings. The summed E-state index contributed by atoms with van der Waals surface area (Å²) in [4.78, 5) is 19.0. The lowest BCUT2D eigenvalue weighted by Gasteiger charge is -2.25. The number of carbonyl (C=O) groups excluding carboxylic acids is 1. The van der Waals surface area contributed by atoms with Crippen LogP contribution < -0.4 is 0 Å². The number of likely N-dealkylation sites (tertiary alicyclic amines) is 1. The first-order valence-electron chi connectivity index (χ1n) is 9.19. The molecule has 2 aromatic heterocycles. The Hall–Kier alpha value is -2.47. The highest BCUT2D eigenvalue weighted by Gasteiger charge is 2.45. The number of benzene rings is 1. The van der Waals surface area contributed by atoms with Gasteiger partial charge in [-0.1, -0.05) is 22.0 Å². The summed E-state index contributed by atoms with van der Waals surface area (Å²) >= 11 is 3.57. The number of rotatable bonds is 2. The maximum Gasteiger partial charge on any atom is 0.271 e. The maximum atomic E-state index is 13.0. The first-order chi connectivity index (χ1) is 13.1. The molecular formula is C21H19BrN4O. The van der Waals surface area contributed by atoms with Crippen LogP contribution in [0.1, 0.15) is 34.5 Å². The average molecular weight is 423 g/mol. The van der Waals surface area contributed by atoms with Gasteiger partial charge in [0.15, 0.2) is 0 Å². The number of halogens is 1. The van der Waals surface area contributed by atoms with Gasteiger partial charge < -0.3 is 4.90 Å². The van der Waals surface area contributed by atoms with Crippen molar-refractivity contribution in [2.45, 2.75) is 24.7 Å². The fraction of sp³-hybridized carbons (Fsp3) is 0.286. The van der Waals surface area contributed by atoms with Crippen LogP contribution in [-0.2, 0) is 11.8 Å². The smallest absolute Gasteiger partial charge is 0.271 e. The summed E-state index contributed by atoms with van der Waals surface area (Å²) in [6, 6.07) is 12.2. The number of pyridine rings is 1. The quantitative estimate of drug-likeness (QED) is 0.679. The van der Waals surface area contributed by atoms with E-state index in [0.717, 1.165) is 48.1 Å². The highest BCUT2D eigenvalue weighted by molar-refractivity contribution is 9.10. The van der Waals surface area contributed by atoms with E-state index in [1.54, 1.807) is 12.4 Å². The first-order valence-corrected chi connectivity index (χ1v) is 9.98. The number of amides is 1. The molecule has 1 aliphatic heterocycles. The molecule has 5 nitrogen and oxygen atoms in total. The van der Waals surface area contributed by atoms with Crippen molar-refractivity contribution in [3.8, 4) is 11.3 Å². The Morgan fingerprint density at radius 3 is 2.85 bits per heavy atom. The molecule has 1 spiro atoms. The standard InChI is InChI=1S/C21H19BrN4O/c22-16-1-2-17-15(11-16)3-6-21(17)7-10-26(13-21)20(27)19-12-18(24-25-19)14-4-8-23-9-5-14/h1-2,4-5,8-9,11-12H,3,6-7,10,13H2,(H,24,25). The summed E-state index contributed by atoms with van der Waals surface area (Å²) < 4.78 is 1.13. The molecule has 3 heterocycles. The van der Waals surface area contributed by atoms with Gasteiger partial charge >= 0.3 is 0 Å². The number of hydrogen-bond donors (Lipinski definition) is 1. The van der Waals surface area contributed by atoms with Crippen molar-refractivity contribution in [1.29, 1.82) is 0 Å². The number of aromatic nitrogens is 3. The number of nitrogens with one attached hydrogen (secondary N) is 1. The van der Waals surface area contributed by atoms with Crippen molar-refractivity contribution in [1.82, 2.24) is 20.1 Å². The zero-order chi connectivity index (χ0) is 18.4. The van der Waals surface area contributed by atoms with Crippen molar-refractivity contribution < 1.29 is 4.79 Å². The predicted octanol–water partition coefficient (Wildman–Crippen LogP) is 3.96. The van der Waals surface area contributed by atoms with E-state index in [1.165, 1.54) is 11.1 Å². The lowest BCUT2D eigenvalue weighted by atomic mass is 9.81. The summed E-state index contributed by atoms with van der Waals surface area (Å²) in [6.45, 7) is 1.57. The fourth-order valence-electron chi connectivity index (χ4n) is 4.54. The minimum Gasteiger partial charge on any atom is -0.336 e. The van der Waals surface area contributed by atoms with Gasteiger partial charge in [-0.25, -0.2) is 0 Å². The molecule has 6 heteroatoms. The van der Waals surface area contributed by atoms with Crippen LogP contribution in [0, 0.1) is 0 Å². The van der Waals surface area contributed by atoms with Crippen molar-refractivity contribution in [3.05, 3.63) is 70.1 Å². The van der Waals surface area contributed by atoms with E-state index in [9.17, 15) is 4.79 Å². The van der Waals surface area contributed by atoms with E-state index >= 15 is 0 Å². The van der Waals surface area contributed by atoms with Gasteiger partial charge in [0.1, 0.15) is 5.69 Å². The van der Waals surface area contributed by atoms with E-state index < -0.39 is 0 Å². The molecule has 1 saturated heterocycles. The first kappa shape index (κ1) is 16.7. The highest BCUT2D eigenvalue weighted by atomic mass is 79.9. The molecule has 2 aliphatic rings. The van der Waals surface area contributed by atoms with Gasteiger partial charge in [-0.05, 0) is 60.7 Å². The Morgan fingerprint density at radius 2 is 2.00 bits per heavy atom. The zero-order valence-corrected chi connectivity index (χ0v) is 16.4. The molecule has 0 bridgehead atoms. The summed E-state index contributed by atoms with van der Waals surface area (Å²) in [5, 5.41) is 7.23. The second-order valence-electron chi connectivity index (χ2n) is 7.46. The number of fused-ring (bicyclic) bond motifs is 2. The average Bonchev–Trinajstić information content (AvgIpc) is 3.42. The third-order valence-electron chi connectivity index (χ3n) is 5.94. The highest BCUT2D eigenvalue weighted by Crippen LogP contribution is 2.46. The van der Waals surface area contributed by atoms with Crippen molar-refractivity contribution in [2.75, 3.05) is 13.1 Å². The summed E-state index contributed by atoms with van der Waals surface area (Å²) in [6.07, 6.45) is 6.69. The summed E-state index contributed by atoms with van der Waals surface area (Å²) in [7, 11) is 0. The van der Waals surface area contributed by atoms with Crippen LogP contribution in [0.15, 0.2) is 53.3 Å². The molecular weight excluding hydrogens is 404 g/mol. The molecule has 136 valence electrons. The van der Waals surface area contributed by atoms with Crippen LogP contribution in [0.4, 0.5) is 0 Å². The molecule has 1 aromatic carbocycles. The molecule has 5 rings (SSSR count). The Bertz CT molecular complexity index is 1020. The van der Waals surface area contributed by atoms with E-state index in [1.807, 2.05) is 23.1 Å². The number of hydrogen-bond acceptors (Lipinski definition) is 3. The predicted molar refractivity (Wildman–Crippen MR) is 106 cm³/mol. The third-order valence-corrected chi connectivity index (χ3v) is 6.43. The zero-order valence-electron chi connectivity index (χ0n) is 14.8. The molecule has 0 radical (unpaired) electrons. The van der Waals surface area contributed by atoms with Gasteiger partial charge in [0.2, 0.25) is 0 Å². The summed E-state index contributed by atoms with van der Waals surface area (Å²) in [5.41, 5.74) is 5.22. The fourth-order valence-corrected chi connectivity index (χ4v) is 4.95. The molecule has 27 heavy (non-hydrogen) atoms. The SMILES string of the molecule is O=C(c1cc(-c2ccncc2)n[nH]1)N1CCC2(CCc3cc(Br)ccc32)C1. The van der Waals surface area contributed by atoms with Crippen LogP contribution >= 0.6 is 15.9 Å². The number of carbonyl (C=O) groups is 1. The topological polar surface area (TPSA) is 61.9 Å². The van der Waals surface area contributed by atoms with E-state index in [2.05, 4.69) is 49.3 Å². The Kier molecular flexibility index (Phi) is 3.90. The second kappa shape index (κ2) is 6.30. The third kappa shape index (κ3) is 2.79. The Labute approximate surface area is 165 Å². The van der Waals surface area contributed by atoms with Gasteiger partial charge in [0.05, 0.1) is 5.69 Å². The molecule has 1 aliphatic carbocycles. The largest absolute Gasteiger partial charge is 0.336 e. The lowest BCUT2D eigenvalue weighted by molar-refractivity contribution is 0.0777. The molecule has 0 saturated carbocycles. The Morgan fingerprint density at radius 1 is 1.15 bits per heavy atom. The number of aromatic amines is 1. The molecule has 1 N–H and O–H groups in total. The van der Waals surface area contributed by atoms with Crippen molar-refractivity contribution in [3.63, 3.8) is 0 Å². The number of aryl methyl sites for hydroxylation is 1. The second-order valence-corrected chi connectivity index (χ2v) is 8.38. The summed E-state index contributed by atoms with van der Waals surface area (Å²) in [5.74, 6) is 0.0326. The van der Waals surface area contributed by atoms with E-state index in [-0.39, 0.29) is 11.3 Å². The normalized spacial score (nSPS) is 21.0. The monoisotopic (exact) mass is 422 g/mol. The molecule has 1 unspecified atom stereocenters. The van der Waals surface area contributed by atoms with E-state index in [0.29, 0.717) is 5.69 Å². The van der Waals surface area contributed by atoms with Gasteiger partial charge in [-0.3, -0.25) is 14.9 Å². The van der Waals surface area contributed by atoms with Crippen LogP contribution in [0.25, 0.3) is 11.3 Å². The van der Waals surface area contributed by atoms with E-state index in [4.69, 9.17) is 0 Å². The van der Waals surface area contributed by atoms with Crippen molar-refractivity contribution in [2.24, 2.45) is 0 Å². The van der Waals surface area contributed by atoms with Crippen LogP contribution in [0.3, 0.4) is 0 Å². The number of nitrogens with zero attached hydrogens (tertiary/aromatic N) is 3. The Balaban J connectivity index is 1.37. The minimum atomic E-state index is 0.0326. The van der Waals surface area contributed by atoms with Gasteiger partial charge in [0, 0.05) is 40.9 Å². The van der Waals surface area contributed by atoms with Crippen LogP contribution in [0.5, 0.6) is 0 Å². The maximum absolute atomic E-state index is 13.0. The number of H-pyrrole nitrogens is 1. The molecule has 1 amide bonds. The molecule has 1 atom stereocenters. The van der Waals surface area contributed by atoms with Crippen LogP contribution in [-0.4, -0.2) is 39.1 Å². The lowest BCUT2D eigenvalue weighted by Crippen LogP contribution is -2.33. The van der Waals surface area contributed by atoms with Gasteiger partial charge in [-0.15, -0.1) is 0 Å². The van der Waals surface area contributed by atoms with Gasteiger partial charge in [-0.2, -0.15) is 5.10 Å². The van der Waals surface area contributed by atoms with Crippen molar-refractivity contribution >= 4 is 21.8 Å². The van der Waals surface area contributed by atoms with Gasteiger partial charge in [0.25, 0.3) is 5.91 Å². The minimum absolute atomic E-state index is 0.0326. The molecule has 3 aromatic rings. The van der Waals surface area contributed by atoms with Crippen LogP contribution in [0.2, 0.25) is 0 Å².